The second-order valence-electron chi connectivity index (χ2n) is 4.39. The zero-order valence-corrected chi connectivity index (χ0v) is 11.3. The van der Waals surface area contributed by atoms with Crippen molar-refractivity contribution in [3.05, 3.63) is 52.9 Å². The van der Waals surface area contributed by atoms with Crippen molar-refractivity contribution < 1.29 is 18.4 Å². The van der Waals surface area contributed by atoms with Gasteiger partial charge in [-0.2, -0.15) is 0 Å². The first-order valence-corrected chi connectivity index (χ1v) is 6.51. The predicted octanol–water partition coefficient (Wildman–Crippen LogP) is 3.37. The van der Waals surface area contributed by atoms with Gasteiger partial charge in [-0.25, -0.2) is 0 Å². The van der Waals surface area contributed by atoms with Gasteiger partial charge in [0.15, 0.2) is 5.76 Å². The zero-order chi connectivity index (χ0) is 14.8. The number of rotatable bonds is 3. The second-order valence-corrected chi connectivity index (χ2v) is 4.39. The lowest BCUT2D eigenvalue weighted by Gasteiger charge is -2.08. The van der Waals surface area contributed by atoms with Crippen LogP contribution in [0.5, 0.6) is 5.75 Å². The number of esters is 1. The number of furan rings is 1. The number of para-hydroxylation sites is 1. The van der Waals surface area contributed by atoms with Crippen LogP contribution in [-0.4, -0.2) is 5.97 Å². The molecule has 0 N–H and O–H groups in total. The molecular weight excluding hydrogens is 272 g/mol. The lowest BCUT2D eigenvalue weighted by atomic mass is 10.2. The number of ether oxygens (including phenoxy) is 1. The summed E-state index contributed by atoms with van der Waals surface area (Å²) >= 11 is 0. The summed E-state index contributed by atoms with van der Waals surface area (Å²) < 4.78 is 16.1. The second kappa shape index (κ2) is 5.28. The largest absolute Gasteiger partial charge is 0.461 e. The van der Waals surface area contributed by atoms with E-state index in [1.54, 1.807) is 43.3 Å². The Morgan fingerprint density at radius 1 is 1.19 bits per heavy atom. The highest BCUT2D eigenvalue weighted by Crippen LogP contribution is 2.31. The average Bonchev–Trinajstić information content (AvgIpc) is 3.04. The molecule has 1 aromatic carbocycles. The van der Waals surface area contributed by atoms with E-state index in [1.807, 2.05) is 0 Å². The van der Waals surface area contributed by atoms with Crippen LogP contribution in [0.2, 0.25) is 0 Å². The van der Waals surface area contributed by atoms with Crippen molar-refractivity contribution in [1.82, 2.24) is 0 Å². The van der Waals surface area contributed by atoms with Crippen molar-refractivity contribution >= 4 is 16.9 Å². The van der Waals surface area contributed by atoms with Crippen molar-refractivity contribution in [2.24, 2.45) is 0 Å². The van der Waals surface area contributed by atoms with Gasteiger partial charge in [0.1, 0.15) is 5.58 Å². The minimum Gasteiger partial charge on any atom is -0.461 e. The number of hydrogen-bond donors (Lipinski definition) is 0. The highest BCUT2D eigenvalue weighted by molar-refractivity contribution is 5.83. The summed E-state index contributed by atoms with van der Waals surface area (Å²) in [5.74, 6) is -0.205. The molecule has 0 aliphatic rings. The topological polar surface area (TPSA) is 69.7 Å². The van der Waals surface area contributed by atoms with Gasteiger partial charge in [0.2, 0.25) is 16.9 Å². The van der Waals surface area contributed by atoms with Crippen LogP contribution >= 0.6 is 0 Å². The SMILES string of the molecule is CCC(=O)Oc1c(-c2ccco2)oc2ccccc2c1=O. The summed E-state index contributed by atoms with van der Waals surface area (Å²) in [4.78, 5) is 24.1. The van der Waals surface area contributed by atoms with Gasteiger partial charge >= 0.3 is 5.97 Å². The molecular formula is C16H12O5. The lowest BCUT2D eigenvalue weighted by Crippen LogP contribution is -2.15. The molecule has 3 rings (SSSR count). The lowest BCUT2D eigenvalue weighted by molar-refractivity contribution is -0.134. The molecule has 0 atom stereocenters. The smallest absolute Gasteiger partial charge is 0.311 e. The molecule has 21 heavy (non-hydrogen) atoms. The molecule has 2 aromatic heterocycles. The van der Waals surface area contributed by atoms with Gasteiger partial charge in [-0.05, 0) is 24.3 Å². The fourth-order valence-electron chi connectivity index (χ4n) is 1.97. The van der Waals surface area contributed by atoms with Gasteiger partial charge in [-0.3, -0.25) is 9.59 Å². The molecule has 0 bridgehead atoms. The zero-order valence-electron chi connectivity index (χ0n) is 11.3. The van der Waals surface area contributed by atoms with Crippen molar-refractivity contribution in [1.29, 1.82) is 0 Å². The van der Waals surface area contributed by atoms with Crippen molar-refractivity contribution in [2.75, 3.05) is 0 Å². The Balaban J connectivity index is 2.30. The Hall–Kier alpha value is -2.82. The molecule has 5 heteroatoms. The minimum absolute atomic E-state index is 0.116. The van der Waals surface area contributed by atoms with Gasteiger partial charge in [0, 0.05) is 6.42 Å². The third-order valence-electron chi connectivity index (χ3n) is 3.01. The predicted molar refractivity (Wildman–Crippen MR) is 76.1 cm³/mol. The summed E-state index contributed by atoms with van der Waals surface area (Å²) in [7, 11) is 0. The van der Waals surface area contributed by atoms with E-state index >= 15 is 0 Å². The van der Waals surface area contributed by atoms with E-state index in [0.29, 0.717) is 16.7 Å². The number of carbonyl (C=O) groups is 1. The fourth-order valence-corrected chi connectivity index (χ4v) is 1.97. The van der Waals surface area contributed by atoms with Crippen LogP contribution in [-0.2, 0) is 4.79 Å². The minimum atomic E-state index is -0.509. The summed E-state index contributed by atoms with van der Waals surface area (Å²) in [6.07, 6.45) is 1.61. The Morgan fingerprint density at radius 2 is 2.00 bits per heavy atom. The first-order chi connectivity index (χ1) is 10.2. The quantitative estimate of drug-likeness (QED) is 0.690. The molecule has 0 aliphatic heterocycles. The maximum Gasteiger partial charge on any atom is 0.311 e. The van der Waals surface area contributed by atoms with E-state index in [0.717, 1.165) is 0 Å². The summed E-state index contributed by atoms with van der Waals surface area (Å²) in [5, 5.41) is 0.353. The average molecular weight is 284 g/mol. The van der Waals surface area contributed by atoms with E-state index in [1.165, 1.54) is 6.26 Å². The standard InChI is InChI=1S/C16H12O5/c1-2-13(17)21-16-14(18)10-6-3-4-7-11(10)20-15(16)12-8-5-9-19-12/h3-9H,2H2,1H3. The molecule has 2 heterocycles. The van der Waals surface area contributed by atoms with Crippen molar-refractivity contribution in [3.8, 4) is 17.3 Å². The van der Waals surface area contributed by atoms with Crippen LogP contribution in [0.25, 0.3) is 22.5 Å². The molecule has 0 spiro atoms. The van der Waals surface area contributed by atoms with Crippen LogP contribution in [0.3, 0.4) is 0 Å². The van der Waals surface area contributed by atoms with E-state index < -0.39 is 11.4 Å². The van der Waals surface area contributed by atoms with E-state index in [9.17, 15) is 9.59 Å². The number of benzene rings is 1. The number of fused-ring (bicyclic) bond motifs is 1. The fraction of sp³-hybridized carbons (Fsp3) is 0.125. The van der Waals surface area contributed by atoms with Crippen molar-refractivity contribution in [2.45, 2.75) is 13.3 Å². The molecule has 3 aromatic rings. The van der Waals surface area contributed by atoms with Gasteiger partial charge in [-0.1, -0.05) is 19.1 Å². The van der Waals surface area contributed by atoms with Crippen LogP contribution in [0.1, 0.15) is 13.3 Å². The summed E-state index contributed by atoms with van der Waals surface area (Å²) in [6.45, 7) is 1.65. The first kappa shape index (κ1) is 13.2. The molecule has 0 radical (unpaired) electrons. The Labute approximate surface area is 119 Å². The number of carbonyl (C=O) groups excluding carboxylic acids is 1. The van der Waals surface area contributed by atoms with Crippen LogP contribution < -0.4 is 10.2 Å². The van der Waals surface area contributed by atoms with E-state index in [4.69, 9.17) is 13.6 Å². The Morgan fingerprint density at radius 3 is 2.71 bits per heavy atom. The summed E-state index contributed by atoms with van der Waals surface area (Å²) in [5.41, 5.74) is 0.00949. The van der Waals surface area contributed by atoms with Gasteiger partial charge in [0.25, 0.3) is 0 Å². The van der Waals surface area contributed by atoms with Gasteiger partial charge in [0.05, 0.1) is 11.6 Å². The van der Waals surface area contributed by atoms with Crippen molar-refractivity contribution in [3.63, 3.8) is 0 Å². The molecule has 0 amide bonds. The highest BCUT2D eigenvalue weighted by Gasteiger charge is 2.21. The highest BCUT2D eigenvalue weighted by atomic mass is 16.5. The monoisotopic (exact) mass is 284 g/mol. The van der Waals surface area contributed by atoms with Gasteiger partial charge in [-0.15, -0.1) is 0 Å². The summed E-state index contributed by atoms with van der Waals surface area (Å²) in [6, 6.07) is 10.1. The van der Waals surface area contributed by atoms with E-state index in [2.05, 4.69) is 0 Å². The number of hydrogen-bond acceptors (Lipinski definition) is 5. The van der Waals surface area contributed by atoms with Crippen LogP contribution in [0.15, 0.2) is 56.3 Å². The Kier molecular flexibility index (Phi) is 3.31. The Bertz CT molecular complexity index is 843. The maximum absolute atomic E-state index is 12.5. The molecule has 106 valence electrons. The third-order valence-corrected chi connectivity index (χ3v) is 3.01. The van der Waals surface area contributed by atoms with Gasteiger partial charge < -0.3 is 13.6 Å². The molecule has 0 saturated carbocycles. The molecule has 0 unspecified atom stereocenters. The molecule has 0 fully saturated rings. The maximum atomic E-state index is 12.5. The molecule has 5 nitrogen and oxygen atoms in total. The van der Waals surface area contributed by atoms with Crippen LogP contribution in [0, 0.1) is 0 Å². The van der Waals surface area contributed by atoms with Crippen LogP contribution in [0.4, 0.5) is 0 Å². The molecule has 0 saturated heterocycles. The van der Waals surface area contributed by atoms with E-state index in [-0.39, 0.29) is 17.9 Å². The molecule has 0 aliphatic carbocycles. The third kappa shape index (κ3) is 2.33. The normalized spacial score (nSPS) is 10.7. The first-order valence-electron chi connectivity index (χ1n) is 6.51.